The first-order valence-electron chi connectivity index (χ1n) is 15.4. The Morgan fingerprint density at radius 2 is 1.50 bits per heavy atom. The molecule has 0 aliphatic heterocycles. The SMILES string of the molecule is C/C=C/C1=C[C@@](C)(CO[Si](c2ccccc2)(c2ccccc2)C(C)(C)C)[C@](OCc2ccc(OC)cc2)(C(=O)OC)C[C@H]1C. The van der Waals surface area contributed by atoms with Gasteiger partial charge in [-0.15, -0.1) is 0 Å². The number of hydrogen-bond donors (Lipinski definition) is 0. The Balaban J connectivity index is 1.87. The lowest BCUT2D eigenvalue weighted by Crippen LogP contribution is -2.68. The second kappa shape index (κ2) is 13.7. The van der Waals surface area contributed by atoms with Crippen LogP contribution in [0.25, 0.3) is 0 Å². The molecule has 44 heavy (non-hydrogen) atoms. The van der Waals surface area contributed by atoms with E-state index in [0.717, 1.165) is 16.9 Å². The quantitative estimate of drug-likeness (QED) is 0.169. The minimum absolute atomic E-state index is 0.0714. The number of esters is 1. The highest BCUT2D eigenvalue weighted by molar-refractivity contribution is 6.99. The molecule has 6 heteroatoms. The maximum absolute atomic E-state index is 14.0. The van der Waals surface area contributed by atoms with Crippen molar-refractivity contribution in [3.63, 3.8) is 0 Å². The monoisotopic (exact) mass is 612 g/mol. The van der Waals surface area contributed by atoms with E-state index in [1.54, 1.807) is 7.11 Å². The standard InChI is InChI=1S/C38H48O5Si/c1-9-16-31-26-37(6,38(25-29(31)2,35(39)41-8)42-27-30-21-23-32(40-7)24-22-30)28-43-44(36(3,4)5,33-17-12-10-13-18-33)34-19-14-11-15-20-34/h9-24,26,29H,25,27-28H2,1-8H3/b16-9+/t29-,37+,38-/m1/s1. The van der Waals surface area contributed by atoms with Crippen molar-refractivity contribution < 1.29 is 23.4 Å². The third-order valence-corrected chi connectivity index (χ3v) is 14.1. The Bertz CT molecular complexity index is 1400. The zero-order valence-electron chi connectivity index (χ0n) is 27.6. The number of ether oxygens (including phenoxy) is 3. The van der Waals surface area contributed by atoms with E-state index in [-0.39, 0.29) is 30.1 Å². The van der Waals surface area contributed by atoms with Crippen LogP contribution in [0.2, 0.25) is 5.04 Å². The van der Waals surface area contributed by atoms with Crippen molar-refractivity contribution in [1.82, 2.24) is 0 Å². The number of carbonyl (C=O) groups excluding carboxylic acids is 1. The Morgan fingerprint density at radius 1 is 0.932 bits per heavy atom. The lowest BCUT2D eigenvalue weighted by molar-refractivity contribution is -0.197. The van der Waals surface area contributed by atoms with E-state index in [1.807, 2.05) is 43.3 Å². The normalized spacial score (nSPS) is 22.5. The number of benzene rings is 3. The van der Waals surface area contributed by atoms with E-state index >= 15 is 0 Å². The lowest BCUT2D eigenvalue weighted by atomic mass is 9.63. The van der Waals surface area contributed by atoms with Gasteiger partial charge in [0, 0.05) is 12.0 Å². The van der Waals surface area contributed by atoms with Crippen LogP contribution in [0, 0.1) is 11.3 Å². The van der Waals surface area contributed by atoms with Crippen LogP contribution in [0.3, 0.4) is 0 Å². The van der Waals surface area contributed by atoms with Crippen molar-refractivity contribution in [1.29, 1.82) is 0 Å². The summed E-state index contributed by atoms with van der Waals surface area (Å²) in [5.41, 5.74) is -0.0210. The first-order chi connectivity index (χ1) is 21.0. The minimum Gasteiger partial charge on any atom is -0.497 e. The molecule has 3 aromatic rings. The summed E-state index contributed by atoms with van der Waals surface area (Å²) < 4.78 is 25.2. The molecule has 0 heterocycles. The largest absolute Gasteiger partial charge is 0.497 e. The van der Waals surface area contributed by atoms with Crippen LogP contribution in [-0.2, 0) is 25.3 Å². The zero-order chi connectivity index (χ0) is 32.0. The molecule has 4 rings (SSSR count). The van der Waals surface area contributed by atoms with Crippen LogP contribution < -0.4 is 15.1 Å². The van der Waals surface area contributed by atoms with Crippen LogP contribution in [0.4, 0.5) is 0 Å². The predicted molar refractivity (Wildman–Crippen MR) is 181 cm³/mol. The fourth-order valence-corrected chi connectivity index (χ4v) is 11.4. The molecule has 5 nitrogen and oxygen atoms in total. The molecule has 3 aromatic carbocycles. The number of rotatable bonds is 11. The first kappa shape index (κ1) is 33.4. The molecule has 0 saturated carbocycles. The smallest absolute Gasteiger partial charge is 0.339 e. The summed E-state index contributed by atoms with van der Waals surface area (Å²) in [4.78, 5) is 14.0. The molecule has 0 radical (unpaired) electrons. The van der Waals surface area contributed by atoms with Crippen molar-refractivity contribution in [2.75, 3.05) is 20.8 Å². The van der Waals surface area contributed by atoms with Crippen molar-refractivity contribution in [2.45, 2.75) is 65.2 Å². The van der Waals surface area contributed by atoms with Crippen molar-refractivity contribution in [3.8, 4) is 5.75 Å². The summed E-state index contributed by atoms with van der Waals surface area (Å²) in [5, 5.41) is 2.15. The molecule has 0 aromatic heterocycles. The van der Waals surface area contributed by atoms with Gasteiger partial charge >= 0.3 is 5.97 Å². The highest BCUT2D eigenvalue weighted by Gasteiger charge is 2.60. The van der Waals surface area contributed by atoms with Crippen molar-refractivity contribution in [2.24, 2.45) is 11.3 Å². The summed E-state index contributed by atoms with van der Waals surface area (Å²) in [6.07, 6.45) is 6.85. The van der Waals surface area contributed by atoms with E-state index in [2.05, 4.69) is 101 Å². The summed E-state index contributed by atoms with van der Waals surface area (Å²) in [6.45, 7) is 13.6. The molecule has 3 atom stereocenters. The van der Waals surface area contributed by atoms with Crippen LogP contribution in [0.15, 0.2) is 109 Å². The molecule has 0 spiro atoms. The molecule has 234 valence electrons. The Labute approximate surface area is 265 Å². The number of allylic oxidation sites excluding steroid dienone is 3. The van der Waals surface area contributed by atoms with Crippen LogP contribution in [0.1, 0.15) is 53.5 Å². The molecule has 0 saturated heterocycles. The maximum Gasteiger partial charge on any atom is 0.339 e. The van der Waals surface area contributed by atoms with E-state index in [4.69, 9.17) is 18.6 Å². The number of hydrogen-bond acceptors (Lipinski definition) is 5. The molecule has 0 N–H and O–H groups in total. The van der Waals surface area contributed by atoms with Gasteiger partial charge in [0.1, 0.15) is 5.75 Å². The van der Waals surface area contributed by atoms with Crippen LogP contribution in [-0.4, -0.2) is 40.7 Å². The van der Waals surface area contributed by atoms with E-state index in [0.29, 0.717) is 6.42 Å². The first-order valence-corrected chi connectivity index (χ1v) is 17.3. The molecular formula is C38H48O5Si. The van der Waals surface area contributed by atoms with Gasteiger partial charge in [-0.1, -0.05) is 126 Å². The second-order valence-corrected chi connectivity index (χ2v) is 17.4. The number of carbonyl (C=O) groups is 1. The molecule has 0 fully saturated rings. The van der Waals surface area contributed by atoms with Gasteiger partial charge in [-0.25, -0.2) is 4.79 Å². The van der Waals surface area contributed by atoms with Gasteiger partial charge in [0.2, 0.25) is 0 Å². The van der Waals surface area contributed by atoms with Gasteiger partial charge in [0.05, 0.1) is 20.8 Å². The maximum atomic E-state index is 14.0. The highest BCUT2D eigenvalue weighted by atomic mass is 28.4. The fourth-order valence-electron chi connectivity index (χ4n) is 6.68. The third kappa shape index (κ3) is 6.34. The van der Waals surface area contributed by atoms with Gasteiger partial charge in [0.25, 0.3) is 8.32 Å². The van der Waals surface area contributed by atoms with Gasteiger partial charge in [-0.05, 0) is 57.9 Å². The van der Waals surface area contributed by atoms with Gasteiger partial charge in [-0.3, -0.25) is 0 Å². The molecule has 0 bridgehead atoms. The van der Waals surface area contributed by atoms with Gasteiger partial charge in [-0.2, -0.15) is 0 Å². The Hall–Kier alpha value is -3.45. The molecular weight excluding hydrogens is 564 g/mol. The van der Waals surface area contributed by atoms with Crippen LogP contribution >= 0.6 is 0 Å². The Kier molecular flexibility index (Phi) is 10.4. The lowest BCUT2D eigenvalue weighted by Gasteiger charge is -2.51. The topological polar surface area (TPSA) is 54.0 Å². The third-order valence-electron chi connectivity index (χ3n) is 9.09. The predicted octanol–water partition coefficient (Wildman–Crippen LogP) is 7.25. The summed E-state index contributed by atoms with van der Waals surface area (Å²) in [5.74, 6) is 0.453. The average Bonchev–Trinajstić information content (AvgIpc) is 3.02. The number of methoxy groups -OCH3 is 2. The summed E-state index contributed by atoms with van der Waals surface area (Å²) >= 11 is 0. The highest BCUT2D eigenvalue weighted by Crippen LogP contribution is 2.50. The van der Waals surface area contributed by atoms with E-state index in [9.17, 15) is 4.79 Å². The van der Waals surface area contributed by atoms with Crippen molar-refractivity contribution >= 4 is 24.7 Å². The molecule has 0 amide bonds. The Morgan fingerprint density at radius 3 is 1.98 bits per heavy atom. The van der Waals surface area contributed by atoms with E-state index in [1.165, 1.54) is 17.5 Å². The molecule has 1 aliphatic carbocycles. The van der Waals surface area contributed by atoms with Crippen LogP contribution in [0.5, 0.6) is 5.75 Å². The zero-order valence-corrected chi connectivity index (χ0v) is 28.6. The summed E-state index contributed by atoms with van der Waals surface area (Å²) in [6, 6.07) is 28.9. The molecule has 1 aliphatic rings. The fraction of sp³-hybridized carbons (Fsp3) is 0.395. The molecule has 0 unspecified atom stereocenters. The van der Waals surface area contributed by atoms with Crippen molar-refractivity contribution in [3.05, 3.63) is 114 Å². The average molecular weight is 613 g/mol. The minimum atomic E-state index is -2.91. The second-order valence-electron chi connectivity index (χ2n) is 13.1. The summed E-state index contributed by atoms with van der Waals surface area (Å²) in [7, 11) is 0.179. The van der Waals surface area contributed by atoms with Gasteiger partial charge < -0.3 is 18.6 Å². The van der Waals surface area contributed by atoms with Gasteiger partial charge in [0.15, 0.2) is 5.60 Å². The van der Waals surface area contributed by atoms with E-state index < -0.39 is 19.3 Å².